The molecule has 122 valence electrons. The second-order valence-electron chi connectivity index (χ2n) is 5.65. The van der Waals surface area contributed by atoms with Gasteiger partial charge in [-0.2, -0.15) is 0 Å². The highest BCUT2D eigenvalue weighted by molar-refractivity contribution is 6.09. The van der Waals surface area contributed by atoms with Crippen LogP contribution in [0.25, 0.3) is 0 Å². The molecule has 0 bridgehead atoms. The predicted octanol–water partition coefficient (Wildman–Crippen LogP) is 1.89. The molecular weight excluding hydrogens is 310 g/mol. The number of phenolic OH excluding ortho intramolecular Hbond substituents is 1. The lowest BCUT2D eigenvalue weighted by molar-refractivity contribution is -0.132. The number of aliphatic hydroxyl groups is 1. The maximum absolute atomic E-state index is 13.0. The zero-order chi connectivity index (χ0) is 16.9. The number of carbonyl (C=O) groups excluding carboxylic acids is 1. The molecule has 2 aromatic carbocycles. The summed E-state index contributed by atoms with van der Waals surface area (Å²) < 4.78 is 10.5. The Morgan fingerprint density at radius 2 is 1.92 bits per heavy atom. The van der Waals surface area contributed by atoms with Gasteiger partial charge in [-0.1, -0.05) is 24.3 Å². The van der Waals surface area contributed by atoms with E-state index in [1.807, 2.05) is 0 Å². The lowest BCUT2D eigenvalue weighted by Crippen LogP contribution is -2.41. The first-order valence-electron chi connectivity index (χ1n) is 7.45. The molecule has 6 nitrogen and oxygen atoms in total. The Hall–Kier alpha value is -2.99. The monoisotopic (exact) mass is 325 g/mol. The van der Waals surface area contributed by atoms with Crippen LogP contribution in [-0.4, -0.2) is 29.5 Å². The number of phenols is 1. The van der Waals surface area contributed by atoms with Gasteiger partial charge in [0.15, 0.2) is 11.5 Å². The Labute approximate surface area is 138 Å². The maximum atomic E-state index is 13.0. The van der Waals surface area contributed by atoms with E-state index in [1.54, 1.807) is 30.3 Å². The van der Waals surface area contributed by atoms with Crippen LogP contribution in [0.4, 0.5) is 5.69 Å². The Morgan fingerprint density at radius 3 is 2.67 bits per heavy atom. The van der Waals surface area contributed by atoms with E-state index in [-0.39, 0.29) is 24.7 Å². The summed E-state index contributed by atoms with van der Waals surface area (Å²) >= 11 is 0. The fourth-order valence-electron chi connectivity index (χ4n) is 3.23. The van der Waals surface area contributed by atoms with Crippen LogP contribution < -0.4 is 14.4 Å². The smallest absolute Gasteiger partial charge is 0.268 e. The molecule has 1 amide bonds. The molecule has 0 aliphatic carbocycles. The van der Waals surface area contributed by atoms with E-state index in [9.17, 15) is 15.0 Å². The highest BCUT2D eigenvalue weighted by Gasteiger charge is 2.52. The minimum Gasteiger partial charge on any atom is -0.507 e. The first-order valence-corrected chi connectivity index (χ1v) is 7.45. The Bertz CT molecular complexity index is 862. The van der Waals surface area contributed by atoms with Crippen molar-refractivity contribution in [2.75, 3.05) is 18.2 Å². The van der Waals surface area contributed by atoms with E-state index in [4.69, 9.17) is 9.47 Å². The van der Waals surface area contributed by atoms with Crippen molar-refractivity contribution in [3.05, 3.63) is 60.2 Å². The highest BCUT2D eigenvalue weighted by Crippen LogP contribution is 2.49. The predicted molar refractivity (Wildman–Crippen MR) is 86.2 cm³/mol. The molecule has 2 heterocycles. The molecule has 2 N–H and O–H groups in total. The van der Waals surface area contributed by atoms with Gasteiger partial charge in [0.05, 0.1) is 5.69 Å². The molecule has 1 atom stereocenters. The van der Waals surface area contributed by atoms with Crippen molar-refractivity contribution < 1.29 is 24.5 Å². The second-order valence-corrected chi connectivity index (χ2v) is 5.65. The molecule has 0 spiro atoms. The Balaban J connectivity index is 1.94. The minimum absolute atomic E-state index is 0.0315. The summed E-state index contributed by atoms with van der Waals surface area (Å²) in [6.07, 6.45) is 1.58. The third-order valence-corrected chi connectivity index (χ3v) is 4.33. The van der Waals surface area contributed by atoms with Gasteiger partial charge in [-0.25, -0.2) is 0 Å². The van der Waals surface area contributed by atoms with Crippen molar-refractivity contribution in [1.82, 2.24) is 0 Å². The number of hydrogen-bond acceptors (Lipinski definition) is 5. The van der Waals surface area contributed by atoms with Gasteiger partial charge in [-0.15, -0.1) is 6.58 Å². The quantitative estimate of drug-likeness (QED) is 0.843. The maximum Gasteiger partial charge on any atom is 0.268 e. The van der Waals surface area contributed by atoms with E-state index in [2.05, 4.69) is 6.58 Å². The topological polar surface area (TPSA) is 79.2 Å². The number of para-hydroxylation sites is 1. The van der Waals surface area contributed by atoms with Crippen molar-refractivity contribution in [2.45, 2.75) is 5.60 Å². The van der Waals surface area contributed by atoms with Gasteiger partial charge < -0.3 is 24.6 Å². The van der Waals surface area contributed by atoms with Crippen LogP contribution in [0.2, 0.25) is 0 Å². The number of ether oxygens (including phenoxy) is 2. The number of nitrogens with zero attached hydrogens (tertiary/aromatic N) is 1. The first-order chi connectivity index (χ1) is 11.6. The van der Waals surface area contributed by atoms with Gasteiger partial charge in [0.1, 0.15) is 5.75 Å². The molecule has 2 aliphatic rings. The van der Waals surface area contributed by atoms with Gasteiger partial charge in [0.2, 0.25) is 12.4 Å². The second kappa shape index (κ2) is 5.01. The number of amides is 1. The highest BCUT2D eigenvalue weighted by atomic mass is 16.7. The number of aromatic hydroxyl groups is 1. The van der Waals surface area contributed by atoms with E-state index >= 15 is 0 Å². The molecule has 24 heavy (non-hydrogen) atoms. The van der Waals surface area contributed by atoms with Crippen LogP contribution in [0.5, 0.6) is 17.2 Å². The van der Waals surface area contributed by atoms with Crippen LogP contribution >= 0.6 is 0 Å². The van der Waals surface area contributed by atoms with Crippen molar-refractivity contribution in [1.29, 1.82) is 0 Å². The average molecular weight is 325 g/mol. The molecule has 0 fully saturated rings. The van der Waals surface area contributed by atoms with Gasteiger partial charge in [-0.3, -0.25) is 4.79 Å². The molecule has 0 saturated carbocycles. The summed E-state index contributed by atoms with van der Waals surface area (Å²) in [4.78, 5) is 14.4. The minimum atomic E-state index is -2.00. The largest absolute Gasteiger partial charge is 0.507 e. The van der Waals surface area contributed by atoms with Gasteiger partial charge >= 0.3 is 0 Å². The summed E-state index contributed by atoms with van der Waals surface area (Å²) in [5, 5.41) is 21.7. The number of carbonyl (C=O) groups is 1. The van der Waals surface area contributed by atoms with Crippen LogP contribution in [-0.2, 0) is 10.4 Å². The molecule has 4 rings (SSSR count). The molecule has 2 aromatic rings. The zero-order valence-electron chi connectivity index (χ0n) is 12.7. The van der Waals surface area contributed by atoms with Crippen LogP contribution in [0, 0.1) is 0 Å². The molecule has 2 aliphatic heterocycles. The van der Waals surface area contributed by atoms with Gasteiger partial charge in [0.25, 0.3) is 5.91 Å². The van der Waals surface area contributed by atoms with Crippen LogP contribution in [0.15, 0.2) is 49.1 Å². The molecule has 0 aromatic heterocycles. The van der Waals surface area contributed by atoms with Crippen LogP contribution in [0.1, 0.15) is 11.1 Å². The van der Waals surface area contributed by atoms with Gasteiger partial charge in [-0.05, 0) is 12.1 Å². The van der Waals surface area contributed by atoms with Crippen molar-refractivity contribution in [3.8, 4) is 17.2 Å². The fourth-order valence-corrected chi connectivity index (χ4v) is 3.23. The average Bonchev–Trinajstić information content (AvgIpc) is 3.12. The van der Waals surface area contributed by atoms with Crippen molar-refractivity contribution >= 4 is 11.6 Å². The SMILES string of the molecule is C=CCN1C(=O)[C@](O)(c2cc3c(cc2O)OCO3)c2ccccc21. The molecule has 0 unspecified atom stereocenters. The molecule has 0 saturated heterocycles. The molecular formula is C18H15NO5. The van der Waals surface area contributed by atoms with E-state index in [1.165, 1.54) is 17.0 Å². The van der Waals surface area contributed by atoms with Crippen LogP contribution in [0.3, 0.4) is 0 Å². The number of hydrogen-bond donors (Lipinski definition) is 2. The summed E-state index contributed by atoms with van der Waals surface area (Å²) in [7, 11) is 0. The standard InChI is InChI=1S/C18H15NO5/c1-2-7-19-13-6-4-3-5-11(13)18(22,17(19)21)12-8-15-16(9-14(12)20)24-10-23-15/h2-6,8-9,20,22H,1,7,10H2/t18-/m1/s1. The van der Waals surface area contributed by atoms with Crippen molar-refractivity contribution in [2.24, 2.45) is 0 Å². The summed E-state index contributed by atoms with van der Waals surface area (Å²) in [6, 6.07) is 9.73. The summed E-state index contributed by atoms with van der Waals surface area (Å²) in [6.45, 7) is 3.94. The fraction of sp³-hybridized carbons (Fsp3) is 0.167. The summed E-state index contributed by atoms with van der Waals surface area (Å²) in [5.74, 6) is -0.0201. The van der Waals surface area contributed by atoms with E-state index in [0.717, 1.165) is 0 Å². The molecule has 6 heteroatoms. The number of benzene rings is 2. The third-order valence-electron chi connectivity index (χ3n) is 4.33. The summed E-state index contributed by atoms with van der Waals surface area (Å²) in [5.41, 5.74) is -0.936. The van der Waals surface area contributed by atoms with Crippen molar-refractivity contribution in [3.63, 3.8) is 0 Å². The van der Waals surface area contributed by atoms with E-state index in [0.29, 0.717) is 22.7 Å². The number of rotatable bonds is 3. The first kappa shape index (κ1) is 14.6. The molecule has 0 radical (unpaired) electrons. The lowest BCUT2D eigenvalue weighted by atomic mass is 9.86. The Kier molecular flexibility index (Phi) is 3.04. The Morgan fingerprint density at radius 1 is 1.21 bits per heavy atom. The van der Waals surface area contributed by atoms with E-state index < -0.39 is 11.5 Å². The normalized spacial score (nSPS) is 21.0. The zero-order valence-corrected chi connectivity index (χ0v) is 12.7. The number of anilines is 1. The van der Waals surface area contributed by atoms with Gasteiger partial charge in [0, 0.05) is 23.7 Å². The number of fused-ring (bicyclic) bond motifs is 2. The third kappa shape index (κ3) is 1.77. The lowest BCUT2D eigenvalue weighted by Gasteiger charge is -2.24.